The van der Waals surface area contributed by atoms with E-state index in [4.69, 9.17) is 10.8 Å². The van der Waals surface area contributed by atoms with Crippen molar-refractivity contribution in [1.82, 2.24) is 0 Å². The van der Waals surface area contributed by atoms with Crippen molar-refractivity contribution in [3.8, 4) is 12.3 Å². The van der Waals surface area contributed by atoms with E-state index in [-0.39, 0.29) is 16.0 Å². The van der Waals surface area contributed by atoms with Crippen LogP contribution >= 0.6 is 0 Å². The van der Waals surface area contributed by atoms with Gasteiger partial charge in [-0.3, -0.25) is 0 Å². The lowest BCUT2D eigenvalue weighted by Gasteiger charge is -2.20. The van der Waals surface area contributed by atoms with Gasteiger partial charge < -0.3 is 13.9 Å². The summed E-state index contributed by atoms with van der Waals surface area (Å²) in [6, 6.07) is 8.86. The number of pyridine rings is 1. The van der Waals surface area contributed by atoms with Gasteiger partial charge in [0.1, 0.15) is 27.1 Å². The molecule has 0 N–H and O–H groups in total. The first-order valence-corrected chi connectivity index (χ1v) is 12.1. The van der Waals surface area contributed by atoms with Gasteiger partial charge in [0.05, 0.1) is 5.56 Å². The van der Waals surface area contributed by atoms with Crippen LogP contribution in [0.1, 0.15) is 37.8 Å². The lowest BCUT2D eigenvalue weighted by Crippen LogP contribution is -2.34. The Morgan fingerprint density at radius 3 is 2.55 bits per heavy atom. The van der Waals surface area contributed by atoms with Crippen molar-refractivity contribution >= 4 is 38.9 Å². The highest BCUT2D eigenvalue weighted by atomic mass is 32.2. The predicted molar refractivity (Wildman–Crippen MR) is 128 cm³/mol. The average molecular weight is 467 g/mol. The first-order valence-electron chi connectivity index (χ1n) is 10.7. The van der Waals surface area contributed by atoms with Crippen LogP contribution in [-0.4, -0.2) is 26.1 Å². The largest absolute Gasteiger partial charge is 0.744 e. The van der Waals surface area contributed by atoms with Gasteiger partial charge >= 0.3 is 5.63 Å². The van der Waals surface area contributed by atoms with Crippen LogP contribution in [0.3, 0.4) is 0 Å². The molecular formula is C25H26N2O5S. The van der Waals surface area contributed by atoms with Crippen molar-refractivity contribution in [2.24, 2.45) is 0 Å². The van der Waals surface area contributed by atoms with Crippen LogP contribution in [0, 0.1) is 12.3 Å². The SMILES string of the molecule is C#CCCC[n+]1ccc(/C=C/c2cc3ccc(N(CC)CC)cc3oc2=O)c(S(=O)(=O)[O-])c1. The topological polar surface area (TPSA) is 94.5 Å². The molecule has 0 amide bonds. The van der Waals surface area contributed by atoms with Crippen molar-refractivity contribution in [3.63, 3.8) is 0 Å². The molecule has 0 radical (unpaired) electrons. The molecule has 0 spiro atoms. The Morgan fingerprint density at radius 1 is 1.15 bits per heavy atom. The normalized spacial score (nSPS) is 11.7. The fourth-order valence-corrected chi connectivity index (χ4v) is 4.26. The Balaban J connectivity index is 1.96. The zero-order chi connectivity index (χ0) is 24.0. The minimum atomic E-state index is -4.72. The van der Waals surface area contributed by atoms with Crippen molar-refractivity contribution in [1.29, 1.82) is 0 Å². The van der Waals surface area contributed by atoms with E-state index in [2.05, 4.69) is 24.7 Å². The van der Waals surface area contributed by atoms with E-state index in [0.717, 1.165) is 24.2 Å². The molecule has 0 fully saturated rings. The zero-order valence-corrected chi connectivity index (χ0v) is 19.5. The smallest absolute Gasteiger partial charge is 0.343 e. The molecule has 0 bridgehead atoms. The van der Waals surface area contributed by atoms with Crippen LogP contribution in [-0.2, 0) is 16.7 Å². The number of nitrogens with zero attached hydrogens (tertiary/aromatic N) is 2. The number of terminal acetylenes is 1. The summed E-state index contributed by atoms with van der Waals surface area (Å²) in [4.78, 5) is 14.3. The number of aryl methyl sites for hydroxylation is 1. The molecule has 2 aromatic heterocycles. The molecule has 8 heteroatoms. The fraction of sp³-hybridized carbons (Fsp3) is 0.280. The van der Waals surface area contributed by atoms with Crippen LogP contribution in [0.15, 0.2) is 56.8 Å². The van der Waals surface area contributed by atoms with Gasteiger partial charge in [0.2, 0.25) is 0 Å². The van der Waals surface area contributed by atoms with Crippen molar-refractivity contribution in [2.75, 3.05) is 18.0 Å². The number of rotatable bonds is 9. The fourth-order valence-electron chi connectivity index (χ4n) is 3.57. The minimum Gasteiger partial charge on any atom is -0.744 e. The van der Waals surface area contributed by atoms with Gasteiger partial charge in [0.15, 0.2) is 12.4 Å². The number of fused-ring (bicyclic) bond motifs is 1. The molecule has 0 unspecified atom stereocenters. The summed E-state index contributed by atoms with van der Waals surface area (Å²) in [5.74, 6) is 2.52. The van der Waals surface area contributed by atoms with Gasteiger partial charge in [-0.2, -0.15) is 0 Å². The summed E-state index contributed by atoms with van der Waals surface area (Å²) in [6.07, 6.45) is 12.3. The summed E-state index contributed by atoms with van der Waals surface area (Å²) >= 11 is 0. The maximum Gasteiger partial charge on any atom is 0.343 e. The molecule has 1 aromatic carbocycles. The third kappa shape index (κ3) is 5.89. The second kappa shape index (κ2) is 10.5. The highest BCUT2D eigenvalue weighted by molar-refractivity contribution is 7.85. The lowest BCUT2D eigenvalue weighted by molar-refractivity contribution is -0.699. The molecule has 172 valence electrons. The summed E-state index contributed by atoms with van der Waals surface area (Å²) in [5.41, 5.74) is 1.32. The molecule has 0 saturated heterocycles. The molecule has 7 nitrogen and oxygen atoms in total. The van der Waals surface area contributed by atoms with Crippen LogP contribution in [0.25, 0.3) is 23.1 Å². The van der Waals surface area contributed by atoms with Crippen LogP contribution in [0.5, 0.6) is 0 Å². The molecule has 0 aliphatic rings. The highest BCUT2D eigenvalue weighted by Crippen LogP contribution is 2.23. The molecule has 0 aliphatic heterocycles. The summed E-state index contributed by atoms with van der Waals surface area (Å²) < 4.78 is 42.5. The first kappa shape index (κ1) is 24.2. The molecule has 3 aromatic rings. The maximum atomic E-state index is 12.5. The molecule has 0 saturated carbocycles. The Labute approximate surface area is 193 Å². The Hall–Kier alpha value is -3.41. The minimum absolute atomic E-state index is 0.189. The maximum absolute atomic E-state index is 12.5. The van der Waals surface area contributed by atoms with E-state index < -0.39 is 15.7 Å². The standard InChI is InChI=1S/C25H26N2O5S/c1-4-7-8-14-26-15-13-19(24(18-26)33(29,30)31)9-10-21-16-20-11-12-22(27(5-2)6-3)17-23(20)32-25(21)28/h1,9-13,15-18H,5-8,14H2,2-3H3. The number of anilines is 1. The quantitative estimate of drug-likeness (QED) is 0.158. The molecule has 33 heavy (non-hydrogen) atoms. The van der Waals surface area contributed by atoms with Gasteiger partial charge in [-0.1, -0.05) is 6.08 Å². The average Bonchev–Trinajstić information content (AvgIpc) is 2.78. The number of unbranched alkanes of at least 4 members (excludes halogenated alkanes) is 1. The Bertz CT molecular complexity index is 1380. The number of benzene rings is 1. The number of hydrogen-bond acceptors (Lipinski definition) is 6. The van der Waals surface area contributed by atoms with Crippen LogP contribution in [0.4, 0.5) is 5.69 Å². The van der Waals surface area contributed by atoms with Crippen molar-refractivity contribution < 1.29 is 22.0 Å². The van der Waals surface area contributed by atoms with Gasteiger partial charge in [0.25, 0.3) is 0 Å². The Kier molecular flexibility index (Phi) is 7.69. The molecule has 0 aliphatic carbocycles. The van der Waals surface area contributed by atoms with E-state index in [9.17, 15) is 17.8 Å². The predicted octanol–water partition coefficient (Wildman–Crippen LogP) is 3.41. The third-order valence-corrected chi connectivity index (χ3v) is 6.22. The van der Waals surface area contributed by atoms with E-state index >= 15 is 0 Å². The molecule has 3 rings (SSSR count). The third-order valence-electron chi connectivity index (χ3n) is 5.34. The van der Waals surface area contributed by atoms with E-state index in [1.165, 1.54) is 24.4 Å². The van der Waals surface area contributed by atoms with Crippen LogP contribution < -0.4 is 15.1 Å². The summed E-state index contributed by atoms with van der Waals surface area (Å²) in [5, 5.41) is 0.737. The monoisotopic (exact) mass is 466 g/mol. The van der Waals surface area contributed by atoms with Crippen LogP contribution in [0.2, 0.25) is 0 Å². The summed E-state index contributed by atoms with van der Waals surface area (Å²) in [6.45, 7) is 6.26. The zero-order valence-electron chi connectivity index (χ0n) is 18.7. The second-order valence-corrected chi connectivity index (χ2v) is 8.83. The molecule has 2 heterocycles. The van der Waals surface area contributed by atoms with Gasteiger partial charge in [-0.15, -0.1) is 12.3 Å². The van der Waals surface area contributed by atoms with E-state index in [1.54, 1.807) is 16.8 Å². The second-order valence-electron chi connectivity index (χ2n) is 7.48. The summed E-state index contributed by atoms with van der Waals surface area (Å²) in [7, 11) is -4.72. The number of hydrogen-bond donors (Lipinski definition) is 0. The van der Waals surface area contributed by atoms with Gasteiger partial charge in [0, 0.05) is 54.7 Å². The number of aromatic nitrogens is 1. The highest BCUT2D eigenvalue weighted by Gasteiger charge is 2.14. The molecular weight excluding hydrogens is 440 g/mol. The lowest BCUT2D eigenvalue weighted by atomic mass is 10.1. The Morgan fingerprint density at radius 2 is 1.88 bits per heavy atom. The molecule has 0 atom stereocenters. The van der Waals surface area contributed by atoms with Crippen molar-refractivity contribution in [3.05, 3.63) is 64.3 Å². The van der Waals surface area contributed by atoms with Gasteiger partial charge in [-0.25, -0.2) is 17.8 Å². The van der Waals surface area contributed by atoms with E-state index in [0.29, 0.717) is 25.0 Å². The van der Waals surface area contributed by atoms with Gasteiger partial charge in [-0.05, 0) is 38.1 Å². The van der Waals surface area contributed by atoms with E-state index in [1.807, 2.05) is 18.2 Å². The van der Waals surface area contributed by atoms with Crippen molar-refractivity contribution in [2.45, 2.75) is 38.1 Å². The first-order chi connectivity index (χ1) is 15.8.